The first-order valence-electron chi connectivity index (χ1n) is 25.1. The molecule has 0 aliphatic heterocycles. The van der Waals surface area contributed by atoms with Crippen LogP contribution in [-0.2, 0) is 28.6 Å². The van der Waals surface area contributed by atoms with Crippen molar-refractivity contribution in [2.24, 2.45) is 0 Å². The molecule has 0 rings (SSSR count). The molecule has 59 heavy (non-hydrogen) atoms. The molecule has 0 aromatic carbocycles. The van der Waals surface area contributed by atoms with E-state index in [1.807, 2.05) is 0 Å². The molecule has 0 N–H and O–H groups in total. The summed E-state index contributed by atoms with van der Waals surface area (Å²) in [6.07, 6.45) is 56.6. The number of ether oxygens (including phenoxy) is 3. The predicted octanol–water partition coefficient (Wildman–Crippen LogP) is 16.3. The molecular formula is C53H94O6. The van der Waals surface area contributed by atoms with Gasteiger partial charge in [-0.25, -0.2) is 0 Å². The smallest absolute Gasteiger partial charge is 0.306 e. The maximum atomic E-state index is 12.8. The van der Waals surface area contributed by atoms with Crippen molar-refractivity contribution >= 4 is 17.9 Å². The molecule has 0 radical (unpaired) electrons. The van der Waals surface area contributed by atoms with Crippen LogP contribution in [0.4, 0.5) is 0 Å². The fourth-order valence-electron chi connectivity index (χ4n) is 7.04. The summed E-state index contributed by atoms with van der Waals surface area (Å²) >= 11 is 0. The maximum absolute atomic E-state index is 12.8. The average Bonchev–Trinajstić information content (AvgIpc) is 3.23. The standard InChI is InChI=1S/C53H94O6/c1-4-7-10-13-16-19-22-24-25-26-27-29-31-34-37-40-43-46-52(55)58-49-50(48-57-51(54)45-42-39-36-33-30-21-18-15-12-9-6-3)59-53(56)47-44-41-38-35-32-28-23-20-17-14-11-8-5-2/h7,10,16,19-20,23-25,50H,4-6,8-9,11-15,17-18,21-22,26-49H2,1-3H3/b10-7-,19-16-,23-20-,25-24-. The maximum Gasteiger partial charge on any atom is 0.306 e. The van der Waals surface area contributed by atoms with Crippen molar-refractivity contribution in [2.75, 3.05) is 13.2 Å². The van der Waals surface area contributed by atoms with Crippen LogP contribution in [-0.4, -0.2) is 37.2 Å². The van der Waals surface area contributed by atoms with Crippen LogP contribution in [0.2, 0.25) is 0 Å². The fraction of sp³-hybridized carbons (Fsp3) is 0.792. The minimum atomic E-state index is -0.777. The average molecular weight is 827 g/mol. The van der Waals surface area contributed by atoms with Gasteiger partial charge in [0, 0.05) is 19.3 Å². The number of rotatable bonds is 45. The Bertz CT molecular complexity index is 1040. The molecule has 1 unspecified atom stereocenters. The highest BCUT2D eigenvalue weighted by atomic mass is 16.6. The highest BCUT2D eigenvalue weighted by molar-refractivity contribution is 5.71. The molecule has 342 valence electrons. The third-order valence-electron chi connectivity index (χ3n) is 10.8. The normalized spacial score (nSPS) is 12.4. The molecule has 0 bridgehead atoms. The van der Waals surface area contributed by atoms with E-state index in [0.717, 1.165) is 96.3 Å². The van der Waals surface area contributed by atoms with Crippen LogP contribution < -0.4 is 0 Å². The van der Waals surface area contributed by atoms with E-state index >= 15 is 0 Å². The molecule has 0 aromatic rings. The van der Waals surface area contributed by atoms with Gasteiger partial charge in [0.05, 0.1) is 0 Å². The largest absolute Gasteiger partial charge is 0.462 e. The van der Waals surface area contributed by atoms with Gasteiger partial charge < -0.3 is 14.2 Å². The quantitative estimate of drug-likeness (QED) is 0.0263. The highest BCUT2D eigenvalue weighted by Crippen LogP contribution is 2.15. The minimum absolute atomic E-state index is 0.0776. The molecule has 0 saturated heterocycles. The first-order chi connectivity index (χ1) is 29.0. The lowest BCUT2D eigenvalue weighted by Gasteiger charge is -2.18. The summed E-state index contributed by atoms with van der Waals surface area (Å²) in [5, 5.41) is 0. The number of allylic oxidation sites excluding steroid dienone is 8. The van der Waals surface area contributed by atoms with Crippen molar-refractivity contribution in [3.63, 3.8) is 0 Å². The van der Waals surface area contributed by atoms with Gasteiger partial charge in [0.25, 0.3) is 0 Å². The minimum Gasteiger partial charge on any atom is -0.462 e. The van der Waals surface area contributed by atoms with E-state index in [-0.39, 0.29) is 31.1 Å². The zero-order valence-electron chi connectivity index (χ0n) is 39.0. The van der Waals surface area contributed by atoms with Gasteiger partial charge in [0.1, 0.15) is 13.2 Å². The summed E-state index contributed by atoms with van der Waals surface area (Å²) in [6.45, 7) is 6.50. The first-order valence-corrected chi connectivity index (χ1v) is 25.1. The monoisotopic (exact) mass is 827 g/mol. The molecule has 0 saturated carbocycles. The summed E-state index contributed by atoms with van der Waals surface area (Å²) in [5.41, 5.74) is 0. The fourth-order valence-corrected chi connectivity index (χ4v) is 7.04. The molecule has 0 heterocycles. The Labute approximate surface area is 365 Å². The number of esters is 3. The number of carbonyl (C=O) groups excluding carboxylic acids is 3. The van der Waals surface area contributed by atoms with Crippen molar-refractivity contribution in [3.05, 3.63) is 48.6 Å². The lowest BCUT2D eigenvalue weighted by Crippen LogP contribution is -2.30. The van der Waals surface area contributed by atoms with Gasteiger partial charge in [0.15, 0.2) is 6.10 Å². The van der Waals surface area contributed by atoms with E-state index in [9.17, 15) is 14.4 Å². The van der Waals surface area contributed by atoms with Crippen molar-refractivity contribution < 1.29 is 28.6 Å². The Morgan fingerprint density at radius 1 is 0.356 bits per heavy atom. The van der Waals surface area contributed by atoms with Gasteiger partial charge in [-0.3, -0.25) is 14.4 Å². The van der Waals surface area contributed by atoms with Crippen molar-refractivity contribution in [2.45, 2.75) is 258 Å². The zero-order chi connectivity index (χ0) is 43.0. The molecular weight excluding hydrogens is 733 g/mol. The van der Waals surface area contributed by atoms with Crippen LogP contribution in [0.5, 0.6) is 0 Å². The van der Waals surface area contributed by atoms with E-state index in [1.54, 1.807) is 0 Å². The second kappa shape index (κ2) is 48.0. The number of hydrogen-bond acceptors (Lipinski definition) is 6. The molecule has 0 aliphatic carbocycles. The van der Waals surface area contributed by atoms with Gasteiger partial charge in [-0.05, 0) is 77.0 Å². The summed E-state index contributed by atoms with van der Waals surface area (Å²) < 4.78 is 16.8. The van der Waals surface area contributed by atoms with Crippen molar-refractivity contribution in [1.82, 2.24) is 0 Å². The van der Waals surface area contributed by atoms with Gasteiger partial charge in [0.2, 0.25) is 0 Å². The number of carbonyl (C=O) groups is 3. The Morgan fingerprint density at radius 3 is 1.07 bits per heavy atom. The van der Waals surface area contributed by atoms with E-state index in [4.69, 9.17) is 14.2 Å². The van der Waals surface area contributed by atoms with Crippen LogP contribution >= 0.6 is 0 Å². The number of unbranched alkanes of at least 4 members (excludes halogenated alkanes) is 26. The van der Waals surface area contributed by atoms with E-state index in [1.165, 1.54) is 116 Å². The molecule has 0 amide bonds. The lowest BCUT2D eigenvalue weighted by atomic mass is 10.1. The van der Waals surface area contributed by atoms with Gasteiger partial charge in [-0.2, -0.15) is 0 Å². The Hall–Kier alpha value is -2.63. The van der Waals surface area contributed by atoms with Gasteiger partial charge >= 0.3 is 17.9 Å². The van der Waals surface area contributed by atoms with E-state index < -0.39 is 6.10 Å². The Balaban J connectivity index is 4.36. The molecule has 0 spiro atoms. The second-order valence-electron chi connectivity index (χ2n) is 16.7. The molecule has 6 nitrogen and oxygen atoms in total. The summed E-state index contributed by atoms with van der Waals surface area (Å²) in [5.74, 6) is -0.892. The van der Waals surface area contributed by atoms with Crippen molar-refractivity contribution in [3.8, 4) is 0 Å². The lowest BCUT2D eigenvalue weighted by molar-refractivity contribution is -0.167. The van der Waals surface area contributed by atoms with Crippen LogP contribution in [0.15, 0.2) is 48.6 Å². The Kier molecular flexibility index (Phi) is 45.9. The zero-order valence-corrected chi connectivity index (χ0v) is 39.0. The van der Waals surface area contributed by atoms with E-state index in [0.29, 0.717) is 19.3 Å². The molecule has 0 fully saturated rings. The third-order valence-corrected chi connectivity index (χ3v) is 10.8. The van der Waals surface area contributed by atoms with Crippen LogP contribution in [0.1, 0.15) is 252 Å². The van der Waals surface area contributed by atoms with Crippen LogP contribution in [0.3, 0.4) is 0 Å². The Morgan fingerprint density at radius 2 is 0.661 bits per heavy atom. The summed E-state index contributed by atoms with van der Waals surface area (Å²) in [4.78, 5) is 37.9. The molecule has 0 aromatic heterocycles. The molecule has 1 atom stereocenters. The van der Waals surface area contributed by atoms with E-state index in [2.05, 4.69) is 69.4 Å². The van der Waals surface area contributed by atoms with Gasteiger partial charge in [-0.1, -0.05) is 204 Å². The second-order valence-corrected chi connectivity index (χ2v) is 16.7. The highest BCUT2D eigenvalue weighted by Gasteiger charge is 2.19. The summed E-state index contributed by atoms with van der Waals surface area (Å²) in [7, 11) is 0. The van der Waals surface area contributed by atoms with Gasteiger partial charge in [-0.15, -0.1) is 0 Å². The van der Waals surface area contributed by atoms with Crippen LogP contribution in [0, 0.1) is 0 Å². The topological polar surface area (TPSA) is 78.9 Å². The van der Waals surface area contributed by atoms with Crippen molar-refractivity contribution in [1.29, 1.82) is 0 Å². The molecule has 6 heteroatoms. The SMILES string of the molecule is CC/C=C\C/C=C\C/C=C\CCCCCCCCCC(=O)OCC(COC(=O)CCCCCCCCCCCCC)OC(=O)CCCCCCC/C=C\CCCCCC. The number of hydrogen-bond donors (Lipinski definition) is 0. The molecule has 0 aliphatic rings. The first kappa shape index (κ1) is 56.4. The van der Waals surface area contributed by atoms with Crippen LogP contribution in [0.25, 0.3) is 0 Å². The predicted molar refractivity (Wildman–Crippen MR) is 252 cm³/mol. The summed E-state index contributed by atoms with van der Waals surface area (Å²) in [6, 6.07) is 0. The third kappa shape index (κ3) is 46.3.